The maximum Gasteiger partial charge on any atom is 0.406 e. The molecule has 0 saturated carbocycles. The van der Waals surface area contributed by atoms with Crippen LogP contribution in [0.1, 0.15) is 19.3 Å². The summed E-state index contributed by atoms with van der Waals surface area (Å²) in [4.78, 5) is 16.8. The molecular formula is C11H15N3O2. The molecule has 1 atom stereocenters. The molecule has 5 nitrogen and oxygen atoms in total. The minimum Gasteiger partial charge on any atom is -0.465 e. The third-order valence-electron chi connectivity index (χ3n) is 2.77. The summed E-state index contributed by atoms with van der Waals surface area (Å²) in [6.45, 7) is 0.872. The molecule has 1 unspecified atom stereocenters. The number of piperidine rings is 1. The lowest BCUT2D eigenvalue weighted by molar-refractivity contribution is 0.187. The van der Waals surface area contributed by atoms with E-state index in [0.717, 1.165) is 31.5 Å². The number of amides is 1. The monoisotopic (exact) mass is 221 g/mol. The lowest BCUT2D eigenvalue weighted by Gasteiger charge is -2.36. The second-order valence-corrected chi connectivity index (χ2v) is 3.87. The number of carbonyl (C=O) groups is 1. The quantitative estimate of drug-likeness (QED) is 0.797. The fourth-order valence-electron chi connectivity index (χ4n) is 2.06. The zero-order valence-corrected chi connectivity index (χ0v) is 8.97. The second-order valence-electron chi connectivity index (χ2n) is 3.87. The van der Waals surface area contributed by atoms with Crippen LogP contribution >= 0.6 is 0 Å². The molecule has 0 bridgehead atoms. The predicted octanol–water partition coefficient (Wildman–Crippen LogP) is 1.67. The van der Waals surface area contributed by atoms with Crippen molar-refractivity contribution in [1.29, 1.82) is 0 Å². The first-order valence-electron chi connectivity index (χ1n) is 5.43. The van der Waals surface area contributed by atoms with Gasteiger partial charge in [-0.1, -0.05) is 0 Å². The van der Waals surface area contributed by atoms with E-state index in [0.29, 0.717) is 0 Å². The molecule has 1 aromatic heterocycles. The topological polar surface area (TPSA) is 65.5 Å². The molecule has 0 aliphatic carbocycles. The Hall–Kier alpha value is -1.78. The smallest absolute Gasteiger partial charge is 0.406 e. The number of nitrogens with zero attached hydrogens (tertiary/aromatic N) is 2. The van der Waals surface area contributed by atoms with E-state index in [4.69, 9.17) is 5.11 Å². The number of pyridine rings is 1. The highest BCUT2D eigenvalue weighted by atomic mass is 16.4. The number of rotatable bonds is 2. The van der Waals surface area contributed by atoms with E-state index in [1.807, 2.05) is 12.1 Å². The molecular weight excluding hydrogens is 206 g/mol. The molecule has 1 amide bonds. The van der Waals surface area contributed by atoms with Crippen molar-refractivity contribution < 1.29 is 9.90 Å². The molecule has 2 heterocycles. The number of hydrogen-bond donors (Lipinski definition) is 2. The second kappa shape index (κ2) is 4.83. The minimum absolute atomic E-state index is 0.129. The molecule has 2 rings (SSSR count). The molecule has 1 aliphatic rings. The normalized spacial score (nSPS) is 20.5. The van der Waals surface area contributed by atoms with E-state index in [1.54, 1.807) is 12.4 Å². The van der Waals surface area contributed by atoms with Crippen LogP contribution in [0, 0.1) is 0 Å². The van der Waals surface area contributed by atoms with Crippen LogP contribution in [0.25, 0.3) is 0 Å². The van der Waals surface area contributed by atoms with Gasteiger partial charge in [-0.2, -0.15) is 0 Å². The maximum atomic E-state index is 10.7. The van der Waals surface area contributed by atoms with Gasteiger partial charge in [-0.15, -0.1) is 0 Å². The Morgan fingerprint density at radius 3 is 3.12 bits per heavy atom. The fraction of sp³-hybridized carbons (Fsp3) is 0.455. The molecule has 1 saturated heterocycles. The van der Waals surface area contributed by atoms with Crippen LogP contribution in [0.5, 0.6) is 0 Å². The molecule has 5 heteroatoms. The lowest BCUT2D eigenvalue weighted by Crippen LogP contribution is -2.50. The first kappa shape index (κ1) is 10.7. The van der Waals surface area contributed by atoms with Crippen molar-refractivity contribution in [3.63, 3.8) is 0 Å². The van der Waals surface area contributed by atoms with Gasteiger partial charge in [-0.3, -0.25) is 4.98 Å². The van der Waals surface area contributed by atoms with Crippen LogP contribution in [-0.2, 0) is 0 Å². The highest BCUT2D eigenvalue weighted by molar-refractivity contribution is 5.65. The van der Waals surface area contributed by atoms with Crippen molar-refractivity contribution in [2.75, 3.05) is 11.4 Å². The Balaban J connectivity index is 2.13. The van der Waals surface area contributed by atoms with E-state index < -0.39 is 6.09 Å². The van der Waals surface area contributed by atoms with Crippen molar-refractivity contribution >= 4 is 11.8 Å². The summed E-state index contributed by atoms with van der Waals surface area (Å²) in [6, 6.07) is 3.82. The van der Waals surface area contributed by atoms with E-state index in [2.05, 4.69) is 15.2 Å². The molecule has 1 aliphatic heterocycles. The first-order chi connectivity index (χ1) is 7.77. The molecule has 0 aromatic carbocycles. The Morgan fingerprint density at radius 1 is 1.56 bits per heavy atom. The van der Waals surface area contributed by atoms with Gasteiger partial charge in [0.05, 0.1) is 11.9 Å². The summed E-state index contributed by atoms with van der Waals surface area (Å²) in [5.41, 5.74) is 0.973. The number of nitrogens with one attached hydrogen (secondary N) is 1. The summed E-state index contributed by atoms with van der Waals surface area (Å²) in [6.07, 6.45) is 5.38. The number of hydrogen-bond acceptors (Lipinski definition) is 3. The predicted molar refractivity (Wildman–Crippen MR) is 60.4 cm³/mol. The molecule has 16 heavy (non-hydrogen) atoms. The number of aromatic nitrogens is 1. The number of carboxylic acid groups (broad SMARTS) is 1. The van der Waals surface area contributed by atoms with Gasteiger partial charge >= 0.3 is 6.09 Å². The zero-order chi connectivity index (χ0) is 11.4. The van der Waals surface area contributed by atoms with Gasteiger partial charge in [0.15, 0.2) is 0 Å². The van der Waals surface area contributed by atoms with Crippen molar-refractivity contribution in [2.45, 2.75) is 25.4 Å². The molecule has 0 spiro atoms. The molecule has 0 radical (unpaired) electrons. The fourth-order valence-corrected chi connectivity index (χ4v) is 2.06. The van der Waals surface area contributed by atoms with Gasteiger partial charge < -0.3 is 15.3 Å². The SMILES string of the molecule is O=C(O)NC1CCCCN1c1cccnc1. The van der Waals surface area contributed by atoms with Gasteiger partial charge in [-0.25, -0.2) is 4.79 Å². The van der Waals surface area contributed by atoms with Crippen LogP contribution in [0.2, 0.25) is 0 Å². The van der Waals surface area contributed by atoms with Crippen molar-refractivity contribution in [3.8, 4) is 0 Å². The largest absolute Gasteiger partial charge is 0.465 e. The third kappa shape index (κ3) is 2.42. The van der Waals surface area contributed by atoms with Crippen LogP contribution in [0.15, 0.2) is 24.5 Å². The minimum atomic E-state index is -0.971. The van der Waals surface area contributed by atoms with Crippen molar-refractivity contribution in [3.05, 3.63) is 24.5 Å². The molecule has 2 N–H and O–H groups in total. The van der Waals surface area contributed by atoms with E-state index in [1.165, 1.54) is 0 Å². The Labute approximate surface area is 94.1 Å². The van der Waals surface area contributed by atoms with E-state index in [9.17, 15) is 4.79 Å². The van der Waals surface area contributed by atoms with Crippen molar-refractivity contribution in [1.82, 2.24) is 10.3 Å². The van der Waals surface area contributed by atoms with Gasteiger partial charge in [-0.05, 0) is 31.4 Å². The Bertz CT molecular complexity index is 356. The standard InChI is InChI=1S/C11H15N3O2/c15-11(16)13-10-5-1-2-7-14(10)9-4-3-6-12-8-9/h3-4,6,8,10,13H,1-2,5,7H2,(H,15,16). The third-order valence-corrected chi connectivity index (χ3v) is 2.77. The average Bonchev–Trinajstić information content (AvgIpc) is 2.30. The van der Waals surface area contributed by atoms with Gasteiger partial charge in [0.25, 0.3) is 0 Å². The molecule has 86 valence electrons. The zero-order valence-electron chi connectivity index (χ0n) is 8.97. The van der Waals surface area contributed by atoms with Gasteiger partial charge in [0, 0.05) is 12.7 Å². The lowest BCUT2D eigenvalue weighted by atomic mass is 10.1. The summed E-state index contributed by atoms with van der Waals surface area (Å²) >= 11 is 0. The van der Waals surface area contributed by atoms with E-state index >= 15 is 0 Å². The molecule has 1 fully saturated rings. The summed E-state index contributed by atoms with van der Waals surface area (Å²) in [7, 11) is 0. The first-order valence-corrected chi connectivity index (χ1v) is 5.43. The average molecular weight is 221 g/mol. The van der Waals surface area contributed by atoms with Crippen LogP contribution in [0.4, 0.5) is 10.5 Å². The van der Waals surface area contributed by atoms with Gasteiger partial charge in [0.1, 0.15) is 6.17 Å². The molecule has 1 aromatic rings. The summed E-state index contributed by atoms with van der Waals surface area (Å²) in [5, 5.41) is 11.3. The Kier molecular flexibility index (Phi) is 3.24. The van der Waals surface area contributed by atoms with Crippen LogP contribution < -0.4 is 10.2 Å². The highest BCUT2D eigenvalue weighted by Gasteiger charge is 2.23. The van der Waals surface area contributed by atoms with Crippen LogP contribution in [0.3, 0.4) is 0 Å². The summed E-state index contributed by atoms with van der Waals surface area (Å²) < 4.78 is 0. The van der Waals surface area contributed by atoms with Crippen molar-refractivity contribution in [2.24, 2.45) is 0 Å². The summed E-state index contributed by atoms with van der Waals surface area (Å²) in [5.74, 6) is 0. The highest BCUT2D eigenvalue weighted by Crippen LogP contribution is 2.22. The Morgan fingerprint density at radius 2 is 2.44 bits per heavy atom. The van der Waals surface area contributed by atoms with Gasteiger partial charge in [0.2, 0.25) is 0 Å². The maximum absolute atomic E-state index is 10.7. The number of anilines is 1. The van der Waals surface area contributed by atoms with E-state index in [-0.39, 0.29) is 6.17 Å². The van der Waals surface area contributed by atoms with Crippen LogP contribution in [-0.4, -0.2) is 28.9 Å².